The average Bonchev–Trinajstić information content (AvgIpc) is 2.69. The number of nitrogens with zero attached hydrogens (tertiary/aromatic N) is 1. The maximum Gasteiger partial charge on any atom is 0.306 e. The maximum absolute atomic E-state index is 13.4. The average molecular weight is 384 g/mol. The van der Waals surface area contributed by atoms with Crippen LogP contribution in [0.5, 0.6) is 0 Å². The highest BCUT2D eigenvalue weighted by atomic mass is 16.5. The number of nitriles is 1. The normalized spacial score (nSPS) is 26.6. The number of aliphatic hydroxyl groups is 1. The van der Waals surface area contributed by atoms with Crippen molar-refractivity contribution in [2.24, 2.45) is 5.41 Å². The fraction of sp³-hybridized carbons (Fsp3) is 0.500. The van der Waals surface area contributed by atoms with Gasteiger partial charge in [-0.15, -0.1) is 0 Å². The molecule has 1 aliphatic heterocycles. The molecule has 2 rings (SSSR count). The minimum Gasteiger partial charge on any atom is -0.469 e. The molecule has 1 aromatic carbocycles. The van der Waals surface area contributed by atoms with E-state index in [-0.39, 0.29) is 12.2 Å². The van der Waals surface area contributed by atoms with Gasteiger partial charge in [0.1, 0.15) is 0 Å². The van der Waals surface area contributed by atoms with Crippen molar-refractivity contribution in [1.29, 1.82) is 5.26 Å². The lowest BCUT2D eigenvalue weighted by molar-refractivity contribution is -0.159. The third-order valence-electron chi connectivity index (χ3n) is 5.63. The fourth-order valence-electron chi connectivity index (χ4n) is 3.99. The number of aliphatic hydroxyl groups excluding tert-OH is 1. The Morgan fingerprint density at radius 3 is 2.54 bits per heavy atom. The predicted molar refractivity (Wildman–Crippen MR) is 105 cm³/mol. The fourth-order valence-corrected chi connectivity index (χ4v) is 3.99. The Morgan fingerprint density at radius 2 is 2.00 bits per heavy atom. The number of nitrogens with one attached hydrogen (secondary N) is 1. The largest absolute Gasteiger partial charge is 0.469 e. The summed E-state index contributed by atoms with van der Waals surface area (Å²) in [5.41, 5.74) is -0.860. The van der Waals surface area contributed by atoms with Gasteiger partial charge in [-0.1, -0.05) is 25.1 Å². The molecule has 28 heavy (non-hydrogen) atoms. The van der Waals surface area contributed by atoms with Crippen LogP contribution in [0.4, 0.5) is 0 Å². The second-order valence-corrected chi connectivity index (χ2v) is 7.76. The van der Waals surface area contributed by atoms with Gasteiger partial charge in [0.2, 0.25) is 0 Å². The molecule has 1 saturated heterocycles. The van der Waals surface area contributed by atoms with Gasteiger partial charge in [-0.3, -0.25) is 9.59 Å². The van der Waals surface area contributed by atoms with Crippen LogP contribution in [0.15, 0.2) is 36.4 Å². The Bertz CT molecular complexity index is 792. The van der Waals surface area contributed by atoms with Gasteiger partial charge in [0, 0.05) is 18.0 Å². The quantitative estimate of drug-likeness (QED) is 0.577. The highest BCUT2D eigenvalue weighted by Gasteiger charge is 2.59. The molecule has 0 aromatic heterocycles. The number of allylic oxidation sites excluding steroid dienone is 2. The van der Waals surface area contributed by atoms with E-state index in [1.807, 2.05) is 20.8 Å². The Morgan fingerprint density at radius 1 is 1.36 bits per heavy atom. The number of carbonyl (C=O) groups is 2. The van der Waals surface area contributed by atoms with Gasteiger partial charge >= 0.3 is 5.97 Å². The highest BCUT2D eigenvalue weighted by Crippen LogP contribution is 2.49. The number of rotatable bonds is 6. The van der Waals surface area contributed by atoms with Crippen LogP contribution in [0.25, 0.3) is 0 Å². The number of piperidine rings is 1. The van der Waals surface area contributed by atoms with E-state index in [0.717, 1.165) is 5.56 Å². The lowest BCUT2D eigenvalue weighted by atomic mass is 9.57. The Labute approximate surface area is 166 Å². The van der Waals surface area contributed by atoms with E-state index in [4.69, 9.17) is 10.00 Å². The monoisotopic (exact) mass is 384 g/mol. The summed E-state index contributed by atoms with van der Waals surface area (Å²) in [6, 6.07) is 8.98. The van der Waals surface area contributed by atoms with Crippen molar-refractivity contribution < 1.29 is 19.4 Å². The lowest BCUT2D eigenvalue weighted by Gasteiger charge is -2.53. The molecule has 150 valence electrons. The van der Waals surface area contributed by atoms with Crippen molar-refractivity contribution in [3.05, 3.63) is 47.5 Å². The summed E-state index contributed by atoms with van der Waals surface area (Å²) in [6.45, 7) is 5.95. The number of methoxy groups -OCH3 is 1. The van der Waals surface area contributed by atoms with Crippen LogP contribution >= 0.6 is 0 Å². The third-order valence-corrected chi connectivity index (χ3v) is 5.63. The summed E-state index contributed by atoms with van der Waals surface area (Å²) in [5, 5.41) is 23.7. The molecule has 0 spiro atoms. The molecule has 3 unspecified atom stereocenters. The number of ether oxygens (including phenoxy) is 1. The van der Waals surface area contributed by atoms with Gasteiger partial charge in [-0.05, 0) is 44.0 Å². The third kappa shape index (κ3) is 4.01. The first-order valence-corrected chi connectivity index (χ1v) is 9.43. The van der Waals surface area contributed by atoms with Gasteiger partial charge in [0.05, 0.1) is 36.7 Å². The van der Waals surface area contributed by atoms with Crippen molar-refractivity contribution >= 4 is 11.8 Å². The molecule has 0 saturated carbocycles. The number of hydrogen-bond acceptors (Lipinski definition) is 6. The molecule has 1 heterocycles. The van der Waals surface area contributed by atoms with Crippen LogP contribution in [0.1, 0.15) is 50.7 Å². The van der Waals surface area contributed by atoms with Gasteiger partial charge in [0.25, 0.3) is 0 Å². The molecule has 1 aliphatic rings. The van der Waals surface area contributed by atoms with E-state index in [1.54, 1.807) is 30.3 Å². The Balaban J connectivity index is 2.66. The van der Waals surface area contributed by atoms with Crippen LogP contribution in [0.3, 0.4) is 0 Å². The second-order valence-electron chi connectivity index (χ2n) is 7.76. The number of carbonyl (C=O) groups excluding carboxylic acids is 2. The Kier molecular flexibility index (Phi) is 6.76. The summed E-state index contributed by atoms with van der Waals surface area (Å²) in [7, 11) is 1.28. The van der Waals surface area contributed by atoms with Crippen LogP contribution in [0.2, 0.25) is 0 Å². The topological polar surface area (TPSA) is 99.4 Å². The van der Waals surface area contributed by atoms with Crippen molar-refractivity contribution in [3.8, 4) is 6.07 Å². The minimum absolute atomic E-state index is 0.229. The number of esters is 1. The zero-order valence-corrected chi connectivity index (χ0v) is 16.9. The van der Waals surface area contributed by atoms with E-state index in [9.17, 15) is 14.7 Å². The SMILES string of the molecule is CCC=CC(=O)C1(CC(=O)OC)C(c2ccc(C#N)cc2)CNC(C)(C)C1O. The summed E-state index contributed by atoms with van der Waals surface area (Å²) >= 11 is 0. The predicted octanol–water partition coefficient (Wildman–Crippen LogP) is 2.47. The van der Waals surface area contributed by atoms with E-state index < -0.39 is 28.9 Å². The number of hydrogen-bond donors (Lipinski definition) is 2. The minimum atomic E-state index is -1.37. The molecule has 0 amide bonds. The van der Waals surface area contributed by atoms with Gasteiger partial charge in [-0.25, -0.2) is 0 Å². The van der Waals surface area contributed by atoms with Crippen molar-refractivity contribution in [3.63, 3.8) is 0 Å². The molecule has 2 N–H and O–H groups in total. The molecule has 1 aromatic rings. The van der Waals surface area contributed by atoms with Crippen molar-refractivity contribution in [2.75, 3.05) is 13.7 Å². The molecular weight excluding hydrogens is 356 g/mol. The molecule has 0 bridgehead atoms. The van der Waals surface area contributed by atoms with E-state index in [0.29, 0.717) is 18.5 Å². The first-order chi connectivity index (χ1) is 13.2. The van der Waals surface area contributed by atoms with Gasteiger partial charge in [-0.2, -0.15) is 5.26 Å². The van der Waals surface area contributed by atoms with E-state index in [2.05, 4.69) is 11.4 Å². The molecule has 1 fully saturated rings. The lowest BCUT2D eigenvalue weighted by Crippen LogP contribution is -2.68. The Hall–Kier alpha value is -2.49. The van der Waals surface area contributed by atoms with Crippen LogP contribution < -0.4 is 5.32 Å². The molecule has 3 atom stereocenters. The zero-order chi connectivity index (χ0) is 20.9. The molecule has 6 heteroatoms. The van der Waals surface area contributed by atoms with Crippen LogP contribution in [-0.2, 0) is 14.3 Å². The standard InChI is InChI=1S/C22H28N2O4/c1-5-6-7-18(25)22(12-19(26)28-4)17(14-24-21(2,3)20(22)27)16-10-8-15(13-23)9-11-16/h6-11,17,20,24,27H,5,12,14H2,1-4H3. The van der Waals surface area contributed by atoms with Gasteiger partial charge < -0.3 is 15.2 Å². The summed E-state index contributed by atoms with van der Waals surface area (Å²) in [6.07, 6.45) is 2.51. The number of benzene rings is 1. The summed E-state index contributed by atoms with van der Waals surface area (Å²) in [5.74, 6) is -1.30. The molecular formula is C22H28N2O4. The van der Waals surface area contributed by atoms with E-state index >= 15 is 0 Å². The zero-order valence-electron chi connectivity index (χ0n) is 16.9. The van der Waals surface area contributed by atoms with Gasteiger partial charge in [0.15, 0.2) is 5.78 Å². The second kappa shape index (κ2) is 8.68. The molecule has 0 aliphatic carbocycles. The first kappa shape index (κ1) is 21.8. The summed E-state index contributed by atoms with van der Waals surface area (Å²) < 4.78 is 4.88. The maximum atomic E-state index is 13.4. The smallest absolute Gasteiger partial charge is 0.306 e. The van der Waals surface area contributed by atoms with Crippen LogP contribution in [0, 0.1) is 16.7 Å². The first-order valence-electron chi connectivity index (χ1n) is 9.43. The van der Waals surface area contributed by atoms with Crippen LogP contribution in [-0.4, -0.2) is 42.2 Å². The van der Waals surface area contributed by atoms with Crippen molar-refractivity contribution in [2.45, 2.75) is 51.2 Å². The molecule has 0 radical (unpaired) electrons. The van der Waals surface area contributed by atoms with E-state index in [1.165, 1.54) is 13.2 Å². The van der Waals surface area contributed by atoms with Crippen molar-refractivity contribution in [1.82, 2.24) is 5.32 Å². The highest BCUT2D eigenvalue weighted by molar-refractivity contribution is 5.99. The summed E-state index contributed by atoms with van der Waals surface area (Å²) in [4.78, 5) is 25.7. The number of ketones is 1. The molecule has 6 nitrogen and oxygen atoms in total.